The zero-order chi connectivity index (χ0) is 21.5. The molecule has 1 amide bonds. The number of aromatic nitrogens is 2. The number of rotatable bonds is 9. The molecule has 30 heavy (non-hydrogen) atoms. The van der Waals surface area contributed by atoms with Gasteiger partial charge in [0.15, 0.2) is 0 Å². The lowest BCUT2D eigenvalue weighted by Gasteiger charge is -2.11. The van der Waals surface area contributed by atoms with Crippen molar-refractivity contribution in [3.05, 3.63) is 52.9 Å². The van der Waals surface area contributed by atoms with Crippen molar-refractivity contribution in [1.82, 2.24) is 5.27 Å². The molecule has 0 saturated carbocycles. The Hall–Kier alpha value is -3.40. The maximum Gasteiger partial charge on any atom is 0.442 e. The number of hydrogen-bond acceptors (Lipinski definition) is 7. The lowest BCUT2D eigenvalue weighted by atomic mass is 10.2. The zero-order valence-electron chi connectivity index (χ0n) is 16.8. The molecule has 0 spiro atoms. The van der Waals surface area contributed by atoms with Gasteiger partial charge >= 0.3 is 10.7 Å². The third-order valence-corrected chi connectivity index (χ3v) is 5.22. The van der Waals surface area contributed by atoms with Gasteiger partial charge in [0.1, 0.15) is 17.2 Å². The monoisotopic (exact) mass is 432 g/mol. The Morgan fingerprint density at radius 1 is 1.07 bits per heavy atom. The lowest BCUT2D eigenvalue weighted by molar-refractivity contribution is -0.704. The van der Waals surface area contributed by atoms with Crippen LogP contribution in [0.3, 0.4) is 0 Å². The van der Waals surface area contributed by atoms with E-state index < -0.39 is 5.63 Å². The Balaban J connectivity index is 1.62. The van der Waals surface area contributed by atoms with Gasteiger partial charge in [-0.1, -0.05) is 0 Å². The van der Waals surface area contributed by atoms with Crippen LogP contribution in [0.1, 0.15) is 6.42 Å². The van der Waals surface area contributed by atoms with Crippen LogP contribution >= 0.6 is 11.8 Å². The average molecular weight is 432 g/mol. The zero-order valence-corrected chi connectivity index (χ0v) is 17.6. The Kier molecular flexibility index (Phi) is 7.02. The van der Waals surface area contributed by atoms with E-state index in [0.29, 0.717) is 39.4 Å². The quantitative estimate of drug-likeness (QED) is 0.395. The van der Waals surface area contributed by atoms with Gasteiger partial charge in [-0.25, -0.2) is 4.79 Å². The molecule has 0 aliphatic heterocycles. The highest BCUT2D eigenvalue weighted by molar-refractivity contribution is 7.99. The second kappa shape index (κ2) is 9.88. The third-order valence-electron chi connectivity index (χ3n) is 4.19. The van der Waals surface area contributed by atoms with Crippen LogP contribution in [0.2, 0.25) is 0 Å². The molecule has 3 rings (SSSR count). The smallest absolute Gasteiger partial charge is 0.442 e. The van der Waals surface area contributed by atoms with Crippen LogP contribution in [-0.2, 0) is 4.79 Å². The Morgan fingerprint density at radius 3 is 2.43 bits per heavy atom. The highest BCUT2D eigenvalue weighted by Crippen LogP contribution is 2.29. The van der Waals surface area contributed by atoms with Crippen LogP contribution in [0.5, 0.6) is 17.2 Å². The Labute approximate surface area is 176 Å². The fourth-order valence-corrected chi connectivity index (χ4v) is 3.56. The molecule has 10 heteroatoms. The number of aromatic amines is 1. The minimum Gasteiger partial charge on any atom is -0.497 e. The first kappa shape index (κ1) is 21.3. The van der Waals surface area contributed by atoms with E-state index in [0.717, 1.165) is 0 Å². The van der Waals surface area contributed by atoms with Crippen molar-refractivity contribution in [3.63, 3.8) is 0 Å². The van der Waals surface area contributed by atoms with E-state index in [1.54, 1.807) is 56.7 Å². The van der Waals surface area contributed by atoms with Gasteiger partial charge in [-0.3, -0.25) is 9.32 Å². The van der Waals surface area contributed by atoms with Crippen molar-refractivity contribution >= 4 is 23.4 Å². The molecule has 0 aliphatic carbocycles. The number of thioether (sulfide) groups is 1. The molecule has 158 valence electrons. The average Bonchev–Trinajstić information content (AvgIpc) is 3.14. The molecule has 3 aromatic rings. The van der Waals surface area contributed by atoms with E-state index in [9.17, 15) is 9.59 Å². The number of anilines is 1. The summed E-state index contributed by atoms with van der Waals surface area (Å²) in [5, 5.41) is 5.72. The molecule has 1 aromatic heterocycles. The van der Waals surface area contributed by atoms with Crippen molar-refractivity contribution in [1.29, 1.82) is 0 Å². The first-order valence-electron chi connectivity index (χ1n) is 8.98. The number of nitrogens with zero attached hydrogens (tertiary/aromatic N) is 1. The van der Waals surface area contributed by atoms with Crippen LogP contribution in [0.25, 0.3) is 5.69 Å². The van der Waals surface area contributed by atoms with Gasteiger partial charge in [0, 0.05) is 30.4 Å². The summed E-state index contributed by atoms with van der Waals surface area (Å²) in [4.78, 5) is 24.4. The number of benzene rings is 2. The number of amides is 1. The number of carbonyl (C=O) groups excluding carboxylic acids is 1. The van der Waals surface area contributed by atoms with Gasteiger partial charge in [0.2, 0.25) is 11.6 Å². The molecule has 0 unspecified atom stereocenters. The largest absolute Gasteiger partial charge is 0.497 e. The third kappa shape index (κ3) is 4.95. The number of methoxy groups -OCH3 is 3. The maximum absolute atomic E-state index is 12.3. The molecule has 0 atom stereocenters. The number of ether oxygens (including phenoxy) is 3. The van der Waals surface area contributed by atoms with Crippen molar-refractivity contribution in [2.24, 2.45) is 0 Å². The summed E-state index contributed by atoms with van der Waals surface area (Å²) in [6, 6.07) is 12.3. The molecule has 2 aromatic carbocycles. The van der Waals surface area contributed by atoms with Crippen LogP contribution < -0.4 is 29.8 Å². The molecule has 2 N–H and O–H groups in total. The van der Waals surface area contributed by atoms with E-state index in [2.05, 4.69) is 10.6 Å². The van der Waals surface area contributed by atoms with E-state index in [1.165, 1.54) is 23.6 Å². The maximum atomic E-state index is 12.3. The van der Waals surface area contributed by atoms with Crippen molar-refractivity contribution in [2.75, 3.05) is 32.4 Å². The second-order valence-electron chi connectivity index (χ2n) is 6.03. The molecular weight excluding hydrogens is 410 g/mol. The number of nitrogens with one attached hydrogen (secondary N) is 2. The first-order valence-corrected chi connectivity index (χ1v) is 9.97. The number of hydrogen-bond donors (Lipinski definition) is 2. The standard InChI is InChI=1S/C20H21N3O6S/c1-26-14-6-4-13(5-7-14)23-19(20(25)29-22-23)30-11-10-18(24)21-16-9-8-15(27-2)12-17(16)28-3/h4-9,12H,10-11H2,1-3H3,(H-,21,22,24,25)/p+1. The molecule has 0 bridgehead atoms. The summed E-state index contributed by atoms with van der Waals surface area (Å²) in [6.07, 6.45) is 0.188. The summed E-state index contributed by atoms with van der Waals surface area (Å²) in [5.74, 6) is 2.00. The van der Waals surface area contributed by atoms with E-state index in [4.69, 9.17) is 18.7 Å². The summed E-state index contributed by atoms with van der Waals surface area (Å²) in [6.45, 7) is 0. The second-order valence-corrected chi connectivity index (χ2v) is 7.12. The van der Waals surface area contributed by atoms with Crippen LogP contribution in [0, 0.1) is 0 Å². The molecule has 0 radical (unpaired) electrons. The molecule has 9 nitrogen and oxygen atoms in total. The fourth-order valence-electron chi connectivity index (χ4n) is 2.64. The van der Waals surface area contributed by atoms with Gasteiger partial charge in [0.25, 0.3) is 0 Å². The molecular formula is C20H22N3O6S+. The van der Waals surface area contributed by atoms with Gasteiger partial charge < -0.3 is 19.5 Å². The predicted octanol–water partition coefficient (Wildman–Crippen LogP) is 2.39. The topological polar surface area (TPSA) is 107 Å². The minimum absolute atomic E-state index is 0.188. The van der Waals surface area contributed by atoms with Gasteiger partial charge in [-0.05, 0) is 46.0 Å². The first-order chi connectivity index (χ1) is 14.5. The summed E-state index contributed by atoms with van der Waals surface area (Å²) < 4.78 is 22.0. The van der Waals surface area contributed by atoms with Crippen LogP contribution in [0.4, 0.5) is 5.69 Å². The lowest BCUT2D eigenvalue weighted by Crippen LogP contribution is -2.36. The molecule has 0 aliphatic rings. The molecule has 0 saturated heterocycles. The van der Waals surface area contributed by atoms with Gasteiger partial charge in [-0.15, -0.1) is 0 Å². The molecule has 0 fully saturated rings. The molecule has 1 heterocycles. The van der Waals surface area contributed by atoms with Crippen molar-refractivity contribution in [2.45, 2.75) is 11.4 Å². The van der Waals surface area contributed by atoms with Crippen molar-refractivity contribution in [3.8, 4) is 22.9 Å². The van der Waals surface area contributed by atoms with Gasteiger partial charge in [-0.2, -0.15) is 0 Å². The Bertz CT molecular complexity index is 1060. The minimum atomic E-state index is -0.506. The number of carbonyl (C=O) groups is 1. The SMILES string of the molecule is COc1ccc(-[n+]2[nH]oc(=O)c2SCCC(=O)Nc2ccc(OC)cc2OC)cc1. The summed E-state index contributed by atoms with van der Waals surface area (Å²) >= 11 is 1.22. The van der Waals surface area contributed by atoms with E-state index in [-0.39, 0.29) is 12.3 Å². The summed E-state index contributed by atoms with van der Waals surface area (Å²) in [7, 11) is 4.65. The van der Waals surface area contributed by atoms with E-state index in [1.807, 2.05) is 0 Å². The van der Waals surface area contributed by atoms with E-state index >= 15 is 0 Å². The normalized spacial score (nSPS) is 10.5. The highest BCUT2D eigenvalue weighted by atomic mass is 32.2. The predicted molar refractivity (Wildman–Crippen MR) is 111 cm³/mol. The van der Waals surface area contributed by atoms with Gasteiger partial charge in [0.05, 0.1) is 27.0 Å². The van der Waals surface area contributed by atoms with Crippen molar-refractivity contribution < 1.29 is 28.2 Å². The highest BCUT2D eigenvalue weighted by Gasteiger charge is 2.24. The van der Waals surface area contributed by atoms with Crippen LogP contribution in [0.15, 0.2) is 56.8 Å². The van der Waals surface area contributed by atoms with Crippen LogP contribution in [-0.4, -0.2) is 38.3 Å². The fraction of sp³-hybridized carbons (Fsp3) is 0.250. The number of H-pyrrole nitrogens is 1. The Morgan fingerprint density at radius 2 is 1.77 bits per heavy atom. The summed E-state index contributed by atoms with van der Waals surface area (Å²) in [5.41, 5.74) is 0.743.